The van der Waals surface area contributed by atoms with E-state index in [1.807, 2.05) is 13.8 Å². The molecule has 7 heteroatoms. The van der Waals surface area contributed by atoms with Crippen molar-refractivity contribution in [3.8, 4) is 0 Å². The van der Waals surface area contributed by atoms with Crippen LogP contribution in [0, 0.1) is 0 Å². The van der Waals surface area contributed by atoms with Gasteiger partial charge in [-0.05, 0) is 27.2 Å². The Balaban J connectivity index is 2.56. The highest BCUT2D eigenvalue weighted by molar-refractivity contribution is 5.73. The Hall–Kier alpha value is -1.31. The van der Waals surface area contributed by atoms with Crippen molar-refractivity contribution >= 4 is 6.03 Å². The lowest BCUT2D eigenvalue weighted by molar-refractivity contribution is 0.0364. The van der Waals surface area contributed by atoms with E-state index in [2.05, 4.69) is 23.1 Å². The maximum atomic E-state index is 11.5. The fourth-order valence-corrected chi connectivity index (χ4v) is 2.33. The number of aliphatic hydroxyl groups is 2. The van der Waals surface area contributed by atoms with E-state index in [1.165, 1.54) is 0 Å². The molecule has 1 heterocycles. The molecule has 1 aliphatic rings. The van der Waals surface area contributed by atoms with Crippen LogP contribution < -0.4 is 16.2 Å². The summed E-state index contributed by atoms with van der Waals surface area (Å²) in [6.45, 7) is 8.69. The number of allylic oxidation sites excluding steroid dienone is 1. The van der Waals surface area contributed by atoms with Gasteiger partial charge < -0.3 is 21.0 Å². The van der Waals surface area contributed by atoms with Crippen LogP contribution in [0.15, 0.2) is 11.3 Å². The van der Waals surface area contributed by atoms with E-state index in [0.717, 1.165) is 12.8 Å². The van der Waals surface area contributed by atoms with Crippen LogP contribution in [0.1, 0.15) is 40.5 Å². The Bertz CT molecular complexity index is 384. The molecule has 1 saturated heterocycles. The lowest BCUT2D eigenvalue weighted by atomic mass is 10.1. The van der Waals surface area contributed by atoms with Crippen LogP contribution in [0.3, 0.4) is 0 Å². The standard InChI is InChI=1S/C14H28N4O3/c1-5-6-7-15-14(21)17-16-10(4)12-11(19)8-18(9(2)3)13(12)20/h9,11,13,16,19-20H,5-8H2,1-4H3,(H2,15,17,21)/b12-10-. The molecule has 21 heavy (non-hydrogen) atoms. The number of hydrazine groups is 1. The highest BCUT2D eigenvalue weighted by atomic mass is 16.3. The number of hydrogen-bond acceptors (Lipinski definition) is 5. The van der Waals surface area contributed by atoms with Crippen molar-refractivity contribution in [1.29, 1.82) is 0 Å². The molecule has 122 valence electrons. The summed E-state index contributed by atoms with van der Waals surface area (Å²) in [5.74, 6) is 0. The highest BCUT2D eigenvalue weighted by Crippen LogP contribution is 2.26. The van der Waals surface area contributed by atoms with Crippen LogP contribution in [0.4, 0.5) is 4.79 Å². The first kappa shape index (κ1) is 17.7. The van der Waals surface area contributed by atoms with Gasteiger partial charge in [0.25, 0.3) is 0 Å². The first-order chi connectivity index (χ1) is 9.88. The summed E-state index contributed by atoms with van der Waals surface area (Å²) >= 11 is 0. The Kier molecular flexibility index (Phi) is 6.94. The molecular formula is C14H28N4O3. The van der Waals surface area contributed by atoms with Gasteiger partial charge in [-0.3, -0.25) is 10.3 Å². The predicted octanol–water partition coefficient (Wildman–Crippen LogP) is 0.268. The monoisotopic (exact) mass is 300 g/mol. The van der Waals surface area contributed by atoms with E-state index in [9.17, 15) is 15.0 Å². The topological polar surface area (TPSA) is 96.9 Å². The number of hydrogen-bond donors (Lipinski definition) is 5. The number of β-amino-alcohol motifs (C(OH)–C–C–N with tert-alkyl or cyclic N) is 1. The maximum Gasteiger partial charge on any atom is 0.333 e. The lowest BCUT2D eigenvalue weighted by Crippen LogP contribution is -2.44. The average Bonchev–Trinajstić information content (AvgIpc) is 2.72. The number of aliphatic hydroxyl groups excluding tert-OH is 2. The van der Waals surface area contributed by atoms with Gasteiger partial charge in [-0.2, -0.15) is 0 Å². The fraction of sp³-hybridized carbons (Fsp3) is 0.786. The van der Waals surface area contributed by atoms with Crippen LogP contribution in [0.25, 0.3) is 0 Å². The number of likely N-dealkylation sites (tertiary alicyclic amines) is 1. The maximum absolute atomic E-state index is 11.5. The molecule has 0 saturated carbocycles. The summed E-state index contributed by atoms with van der Waals surface area (Å²) in [6, 6.07) is -0.198. The Labute approximate surface area is 126 Å². The van der Waals surface area contributed by atoms with E-state index < -0.39 is 12.3 Å². The Morgan fingerprint density at radius 1 is 1.38 bits per heavy atom. The molecule has 0 aromatic heterocycles. The van der Waals surface area contributed by atoms with Gasteiger partial charge in [-0.25, -0.2) is 4.79 Å². The first-order valence-corrected chi connectivity index (χ1v) is 7.50. The molecule has 7 nitrogen and oxygen atoms in total. The normalized spacial score (nSPS) is 25.1. The van der Waals surface area contributed by atoms with Gasteiger partial charge in [-0.15, -0.1) is 0 Å². The molecule has 0 spiro atoms. The molecule has 0 aromatic rings. The van der Waals surface area contributed by atoms with Gasteiger partial charge in [0.05, 0.1) is 6.10 Å². The minimum absolute atomic E-state index is 0.130. The Morgan fingerprint density at radius 2 is 2.05 bits per heavy atom. The minimum Gasteiger partial charge on any atom is -0.387 e. The molecule has 0 aromatic carbocycles. The molecule has 2 unspecified atom stereocenters. The largest absolute Gasteiger partial charge is 0.387 e. The molecule has 2 atom stereocenters. The van der Waals surface area contributed by atoms with Crippen LogP contribution in [0.5, 0.6) is 0 Å². The number of carbonyl (C=O) groups excluding carboxylic acids is 1. The third kappa shape index (κ3) is 4.87. The number of nitrogens with one attached hydrogen (secondary N) is 3. The van der Waals surface area contributed by atoms with Crippen LogP contribution in [-0.2, 0) is 0 Å². The van der Waals surface area contributed by atoms with Gasteiger partial charge in [0, 0.05) is 30.4 Å². The number of carbonyl (C=O) groups is 1. The van der Waals surface area contributed by atoms with E-state index in [0.29, 0.717) is 24.4 Å². The lowest BCUT2D eigenvalue weighted by Gasteiger charge is -2.24. The van der Waals surface area contributed by atoms with Crippen molar-refractivity contribution in [1.82, 2.24) is 21.1 Å². The molecular weight excluding hydrogens is 272 g/mol. The molecule has 0 bridgehead atoms. The molecule has 0 radical (unpaired) electrons. The molecule has 1 fully saturated rings. The first-order valence-electron chi connectivity index (χ1n) is 7.50. The van der Waals surface area contributed by atoms with E-state index >= 15 is 0 Å². The second-order valence-corrected chi connectivity index (χ2v) is 5.62. The van der Waals surface area contributed by atoms with Crippen molar-refractivity contribution < 1.29 is 15.0 Å². The fourth-order valence-electron chi connectivity index (χ4n) is 2.33. The summed E-state index contributed by atoms with van der Waals surface area (Å²) in [4.78, 5) is 13.3. The van der Waals surface area contributed by atoms with Crippen LogP contribution in [-0.4, -0.2) is 52.6 Å². The zero-order valence-electron chi connectivity index (χ0n) is 13.3. The van der Waals surface area contributed by atoms with Crippen molar-refractivity contribution in [2.75, 3.05) is 13.1 Å². The summed E-state index contributed by atoms with van der Waals surface area (Å²) in [7, 11) is 0. The number of rotatable bonds is 6. The van der Waals surface area contributed by atoms with Crippen LogP contribution >= 0.6 is 0 Å². The summed E-state index contributed by atoms with van der Waals surface area (Å²) in [6.07, 6.45) is 0.367. The molecule has 1 rings (SSSR count). The quantitative estimate of drug-likeness (QED) is 0.358. The predicted molar refractivity (Wildman–Crippen MR) is 81.1 cm³/mol. The summed E-state index contributed by atoms with van der Waals surface area (Å²) in [5.41, 5.74) is 6.30. The summed E-state index contributed by atoms with van der Waals surface area (Å²) in [5, 5.41) is 23.0. The van der Waals surface area contributed by atoms with Gasteiger partial charge in [0.2, 0.25) is 0 Å². The second kappa shape index (κ2) is 8.21. The molecule has 0 aliphatic carbocycles. The highest BCUT2D eigenvalue weighted by Gasteiger charge is 2.37. The molecule has 1 aliphatic heterocycles. The third-order valence-corrected chi connectivity index (χ3v) is 3.61. The van der Waals surface area contributed by atoms with Gasteiger partial charge in [-0.1, -0.05) is 13.3 Å². The van der Waals surface area contributed by atoms with E-state index in [-0.39, 0.29) is 12.1 Å². The van der Waals surface area contributed by atoms with Crippen molar-refractivity contribution in [3.63, 3.8) is 0 Å². The number of amides is 2. The zero-order valence-corrected chi connectivity index (χ0v) is 13.3. The van der Waals surface area contributed by atoms with Gasteiger partial charge in [0.1, 0.15) is 6.23 Å². The SMILES string of the molecule is CCCCNC(=O)NN/C(C)=C1/C(O)CN(C(C)C)C1O. The van der Waals surface area contributed by atoms with Crippen molar-refractivity contribution in [2.24, 2.45) is 0 Å². The van der Waals surface area contributed by atoms with Crippen molar-refractivity contribution in [3.05, 3.63) is 11.3 Å². The van der Waals surface area contributed by atoms with Gasteiger partial charge in [0.15, 0.2) is 0 Å². The Morgan fingerprint density at radius 3 is 2.57 bits per heavy atom. The number of unbranched alkanes of at least 4 members (excludes halogenated alkanes) is 1. The molecule has 2 amide bonds. The average molecular weight is 300 g/mol. The van der Waals surface area contributed by atoms with Crippen LogP contribution in [0.2, 0.25) is 0 Å². The van der Waals surface area contributed by atoms with E-state index in [4.69, 9.17) is 0 Å². The number of nitrogens with zero attached hydrogens (tertiary/aromatic N) is 1. The minimum atomic E-state index is -0.836. The van der Waals surface area contributed by atoms with Gasteiger partial charge >= 0.3 is 6.03 Å². The zero-order chi connectivity index (χ0) is 16.0. The number of urea groups is 1. The third-order valence-electron chi connectivity index (χ3n) is 3.61. The molecule has 5 N–H and O–H groups in total. The smallest absolute Gasteiger partial charge is 0.333 e. The van der Waals surface area contributed by atoms with Crippen molar-refractivity contribution in [2.45, 2.75) is 58.9 Å². The second-order valence-electron chi connectivity index (χ2n) is 5.62. The van der Waals surface area contributed by atoms with E-state index in [1.54, 1.807) is 11.8 Å². The summed E-state index contributed by atoms with van der Waals surface area (Å²) < 4.78 is 0.